The van der Waals surface area contributed by atoms with Gasteiger partial charge in [-0.15, -0.1) is 0 Å². The molecule has 0 spiro atoms. The smallest absolute Gasteiger partial charge is 0.00134 e. The number of hydrogen-bond acceptors (Lipinski definition) is 0. The van der Waals surface area contributed by atoms with Gasteiger partial charge in [0, 0.05) is 0 Å². The molecule has 186 valence electrons. The van der Waals surface area contributed by atoms with Gasteiger partial charge in [-0.05, 0) is 113 Å². The van der Waals surface area contributed by atoms with Crippen LogP contribution < -0.4 is 0 Å². The molecule has 0 radical (unpaired) electrons. The van der Waals surface area contributed by atoms with Gasteiger partial charge in [-0.2, -0.15) is 0 Å². The van der Waals surface area contributed by atoms with Gasteiger partial charge in [0.25, 0.3) is 0 Å². The monoisotopic (exact) mass is 506 g/mol. The van der Waals surface area contributed by atoms with Crippen molar-refractivity contribution in [3.63, 3.8) is 0 Å². The van der Waals surface area contributed by atoms with E-state index >= 15 is 0 Å². The fourth-order valence-corrected chi connectivity index (χ4v) is 7.31. The molecule has 0 heteroatoms. The Morgan fingerprint density at radius 1 is 0.300 bits per heavy atom. The molecule has 0 saturated carbocycles. The van der Waals surface area contributed by atoms with Crippen LogP contribution in [0.3, 0.4) is 0 Å². The first-order valence-corrected chi connectivity index (χ1v) is 14.2. The van der Waals surface area contributed by atoms with E-state index in [1.165, 1.54) is 88.3 Å². The molecule has 0 bridgehead atoms. The topological polar surface area (TPSA) is 0 Å². The maximum absolute atomic E-state index is 2.43. The molecule has 2 aliphatic carbocycles. The minimum atomic E-state index is 1.02. The molecular formula is C40H26. The third kappa shape index (κ3) is 3.08. The van der Waals surface area contributed by atoms with Crippen molar-refractivity contribution < 1.29 is 0 Å². The largest absolute Gasteiger partial charge is 0.0619 e. The SMILES string of the molecule is c1ccc2c(c1)Cc1ccc(-c3c4ccccc4c(-c4ccc5c(c4)-c4ccccc4C5)c4ccccc34)cc1-2. The highest BCUT2D eigenvalue weighted by atomic mass is 14.3. The van der Waals surface area contributed by atoms with Crippen LogP contribution in [0.4, 0.5) is 0 Å². The van der Waals surface area contributed by atoms with Gasteiger partial charge in [-0.25, -0.2) is 0 Å². The molecule has 0 aliphatic heterocycles. The Balaban J connectivity index is 1.32. The molecule has 2 aliphatic rings. The van der Waals surface area contributed by atoms with Crippen molar-refractivity contribution in [1.29, 1.82) is 0 Å². The van der Waals surface area contributed by atoms with Gasteiger partial charge in [0.1, 0.15) is 0 Å². The molecule has 0 heterocycles. The average Bonchev–Trinajstić information content (AvgIpc) is 3.57. The number of hydrogen-bond donors (Lipinski definition) is 0. The zero-order valence-corrected chi connectivity index (χ0v) is 22.1. The van der Waals surface area contributed by atoms with Crippen molar-refractivity contribution in [2.45, 2.75) is 12.8 Å². The first kappa shape index (κ1) is 21.9. The minimum absolute atomic E-state index is 1.02. The standard InChI is InChI=1S/C40H26/c1-3-11-31-25(9-1)21-27-17-19-29(23-37(27)31)39-33-13-5-7-15-35(33)40(36-16-8-6-14-34(36)39)30-20-18-28-22-26-10-2-4-12-32(26)38(28)24-30/h1-20,23-24H,21-22H2. The van der Waals surface area contributed by atoms with Crippen molar-refractivity contribution in [1.82, 2.24) is 0 Å². The van der Waals surface area contributed by atoms with Crippen LogP contribution in [0.15, 0.2) is 133 Å². The molecule has 0 N–H and O–H groups in total. The Hall–Kier alpha value is -4.94. The molecule has 0 fully saturated rings. The minimum Gasteiger partial charge on any atom is -0.0619 e. The van der Waals surface area contributed by atoms with Crippen LogP contribution in [-0.4, -0.2) is 0 Å². The molecule has 9 rings (SSSR count). The molecule has 7 aromatic rings. The van der Waals surface area contributed by atoms with Gasteiger partial charge in [0.2, 0.25) is 0 Å². The molecule has 0 atom stereocenters. The fraction of sp³-hybridized carbons (Fsp3) is 0.0500. The lowest BCUT2D eigenvalue weighted by molar-refractivity contribution is 1.26. The summed E-state index contributed by atoms with van der Waals surface area (Å²) >= 11 is 0. The van der Waals surface area contributed by atoms with Crippen LogP contribution in [0.5, 0.6) is 0 Å². The van der Waals surface area contributed by atoms with Crippen molar-refractivity contribution >= 4 is 21.5 Å². The summed E-state index contributed by atoms with van der Waals surface area (Å²) in [6, 6.07) is 49.9. The highest BCUT2D eigenvalue weighted by Gasteiger charge is 2.23. The molecule has 0 saturated heterocycles. The average molecular weight is 507 g/mol. The number of benzene rings is 7. The normalized spacial score (nSPS) is 12.8. The van der Waals surface area contributed by atoms with Gasteiger partial charge in [0.15, 0.2) is 0 Å². The molecule has 40 heavy (non-hydrogen) atoms. The van der Waals surface area contributed by atoms with Crippen LogP contribution >= 0.6 is 0 Å². The van der Waals surface area contributed by atoms with Crippen LogP contribution in [0.25, 0.3) is 66.1 Å². The summed E-state index contributed by atoms with van der Waals surface area (Å²) in [5.41, 5.74) is 16.5. The molecule has 0 unspecified atom stereocenters. The number of rotatable bonds is 2. The molecule has 0 nitrogen and oxygen atoms in total. The van der Waals surface area contributed by atoms with Crippen molar-refractivity contribution in [2.75, 3.05) is 0 Å². The maximum atomic E-state index is 2.43. The van der Waals surface area contributed by atoms with E-state index in [1.807, 2.05) is 0 Å². The zero-order valence-electron chi connectivity index (χ0n) is 22.1. The first-order valence-electron chi connectivity index (χ1n) is 14.2. The van der Waals surface area contributed by atoms with E-state index < -0.39 is 0 Å². The number of fused-ring (bicyclic) bond motifs is 8. The summed E-state index contributed by atoms with van der Waals surface area (Å²) in [7, 11) is 0. The van der Waals surface area contributed by atoms with E-state index in [4.69, 9.17) is 0 Å². The van der Waals surface area contributed by atoms with Gasteiger partial charge >= 0.3 is 0 Å². The molecule has 0 aromatic heterocycles. The van der Waals surface area contributed by atoms with E-state index in [9.17, 15) is 0 Å². The second-order valence-corrected chi connectivity index (χ2v) is 11.3. The Bertz CT molecular complexity index is 1950. The summed E-state index contributed by atoms with van der Waals surface area (Å²) < 4.78 is 0. The third-order valence-corrected chi connectivity index (χ3v) is 9.11. The quantitative estimate of drug-likeness (QED) is 0.205. The zero-order chi connectivity index (χ0) is 26.2. The summed E-state index contributed by atoms with van der Waals surface area (Å²) in [4.78, 5) is 0. The maximum Gasteiger partial charge on any atom is -0.00134 e. The van der Waals surface area contributed by atoms with E-state index in [0.29, 0.717) is 0 Å². The predicted molar refractivity (Wildman–Crippen MR) is 169 cm³/mol. The van der Waals surface area contributed by atoms with Crippen LogP contribution in [0, 0.1) is 0 Å². The van der Waals surface area contributed by atoms with Crippen LogP contribution in [0.2, 0.25) is 0 Å². The van der Waals surface area contributed by atoms with E-state index in [2.05, 4.69) is 133 Å². The third-order valence-electron chi connectivity index (χ3n) is 9.11. The lowest BCUT2D eigenvalue weighted by Crippen LogP contribution is -1.92. The van der Waals surface area contributed by atoms with Gasteiger partial charge in [0.05, 0.1) is 0 Å². The lowest BCUT2D eigenvalue weighted by atomic mass is 9.84. The summed E-state index contributed by atoms with van der Waals surface area (Å²) in [6.07, 6.45) is 2.04. The Morgan fingerprint density at radius 3 is 1.07 bits per heavy atom. The Labute approximate surface area is 234 Å². The van der Waals surface area contributed by atoms with Gasteiger partial charge in [-0.1, -0.05) is 121 Å². The molecule has 0 amide bonds. The first-order chi connectivity index (χ1) is 19.8. The summed E-state index contributed by atoms with van der Waals surface area (Å²) in [5.74, 6) is 0. The summed E-state index contributed by atoms with van der Waals surface area (Å²) in [6.45, 7) is 0. The second kappa shape index (κ2) is 8.28. The van der Waals surface area contributed by atoms with Gasteiger partial charge < -0.3 is 0 Å². The van der Waals surface area contributed by atoms with Crippen LogP contribution in [0.1, 0.15) is 22.3 Å². The second-order valence-electron chi connectivity index (χ2n) is 11.3. The van der Waals surface area contributed by atoms with E-state index in [-0.39, 0.29) is 0 Å². The Kier molecular flexibility index (Phi) is 4.54. The van der Waals surface area contributed by atoms with Gasteiger partial charge in [-0.3, -0.25) is 0 Å². The summed E-state index contributed by atoms with van der Waals surface area (Å²) in [5, 5.41) is 5.23. The highest BCUT2D eigenvalue weighted by molar-refractivity contribution is 6.21. The van der Waals surface area contributed by atoms with Crippen molar-refractivity contribution in [3.05, 3.63) is 156 Å². The van der Waals surface area contributed by atoms with Crippen LogP contribution in [-0.2, 0) is 12.8 Å². The van der Waals surface area contributed by atoms with Crippen molar-refractivity contribution in [2.24, 2.45) is 0 Å². The molecular weight excluding hydrogens is 480 g/mol. The Morgan fingerprint density at radius 2 is 0.650 bits per heavy atom. The lowest BCUT2D eigenvalue weighted by Gasteiger charge is -2.19. The molecule has 7 aromatic carbocycles. The fourth-order valence-electron chi connectivity index (χ4n) is 7.31. The predicted octanol–water partition coefficient (Wildman–Crippen LogP) is 10.5. The highest BCUT2D eigenvalue weighted by Crippen LogP contribution is 2.47. The van der Waals surface area contributed by atoms with Crippen molar-refractivity contribution in [3.8, 4) is 44.5 Å². The van der Waals surface area contributed by atoms with E-state index in [0.717, 1.165) is 12.8 Å². The van der Waals surface area contributed by atoms with E-state index in [1.54, 1.807) is 0 Å².